The topological polar surface area (TPSA) is 64.8 Å². The molecule has 0 radical (unpaired) electrons. The zero-order valence-corrected chi connectivity index (χ0v) is 14.7. The summed E-state index contributed by atoms with van der Waals surface area (Å²) in [6.07, 6.45) is 0.364. The SMILES string of the molecule is Cc1ccc([C@H](C)CC(=O)Cn2nnc3cccc(C)c3c2=O)cc1. The zero-order valence-electron chi connectivity index (χ0n) is 14.7. The summed E-state index contributed by atoms with van der Waals surface area (Å²) in [6, 6.07) is 13.6. The molecular formula is C20H21N3O2. The molecule has 3 rings (SSSR count). The number of fused-ring (bicyclic) bond motifs is 1. The highest BCUT2D eigenvalue weighted by atomic mass is 16.1. The van der Waals surface area contributed by atoms with E-state index < -0.39 is 0 Å². The summed E-state index contributed by atoms with van der Waals surface area (Å²) in [5, 5.41) is 8.50. The van der Waals surface area contributed by atoms with E-state index in [0.29, 0.717) is 17.3 Å². The Morgan fingerprint density at radius 2 is 1.84 bits per heavy atom. The molecule has 1 aromatic heterocycles. The van der Waals surface area contributed by atoms with Crippen LogP contribution in [0.3, 0.4) is 0 Å². The molecule has 0 N–H and O–H groups in total. The number of aryl methyl sites for hydroxylation is 2. The van der Waals surface area contributed by atoms with Gasteiger partial charge in [-0.05, 0) is 37.0 Å². The van der Waals surface area contributed by atoms with Crippen LogP contribution in [0.1, 0.15) is 36.0 Å². The molecule has 0 bridgehead atoms. The normalized spacial score (nSPS) is 12.3. The number of carbonyl (C=O) groups excluding carboxylic acids is 1. The van der Waals surface area contributed by atoms with E-state index in [1.807, 2.05) is 57.2 Å². The van der Waals surface area contributed by atoms with Crippen molar-refractivity contribution in [1.29, 1.82) is 0 Å². The molecule has 0 saturated heterocycles. The molecule has 0 saturated carbocycles. The number of nitrogens with zero attached hydrogens (tertiary/aromatic N) is 3. The Morgan fingerprint density at radius 1 is 1.12 bits per heavy atom. The van der Waals surface area contributed by atoms with Gasteiger partial charge >= 0.3 is 0 Å². The Morgan fingerprint density at radius 3 is 2.56 bits per heavy atom. The number of hydrogen-bond donors (Lipinski definition) is 0. The van der Waals surface area contributed by atoms with Crippen LogP contribution in [0.2, 0.25) is 0 Å². The highest BCUT2D eigenvalue weighted by Gasteiger charge is 2.15. The molecule has 5 nitrogen and oxygen atoms in total. The molecule has 0 unspecified atom stereocenters. The molecule has 0 aliphatic carbocycles. The number of aromatic nitrogens is 3. The van der Waals surface area contributed by atoms with Gasteiger partial charge in [0, 0.05) is 6.42 Å². The smallest absolute Gasteiger partial charge is 0.278 e. The number of hydrogen-bond acceptors (Lipinski definition) is 4. The summed E-state index contributed by atoms with van der Waals surface area (Å²) in [5.74, 6) is 0.0661. The van der Waals surface area contributed by atoms with Gasteiger partial charge in [0.15, 0.2) is 5.78 Å². The average Bonchev–Trinajstić information content (AvgIpc) is 2.58. The Kier molecular flexibility index (Phi) is 4.74. The van der Waals surface area contributed by atoms with Crippen LogP contribution < -0.4 is 5.56 Å². The van der Waals surface area contributed by atoms with E-state index in [2.05, 4.69) is 10.3 Å². The molecule has 3 aromatic rings. The summed E-state index contributed by atoms with van der Waals surface area (Å²) in [5.41, 5.74) is 3.44. The van der Waals surface area contributed by atoms with Crippen LogP contribution >= 0.6 is 0 Å². The molecule has 2 aromatic carbocycles. The van der Waals surface area contributed by atoms with Crippen molar-refractivity contribution in [2.24, 2.45) is 0 Å². The summed E-state index contributed by atoms with van der Waals surface area (Å²) in [6.45, 7) is 5.86. The van der Waals surface area contributed by atoms with E-state index in [0.717, 1.165) is 11.1 Å². The van der Waals surface area contributed by atoms with Gasteiger partial charge in [-0.25, -0.2) is 4.68 Å². The maximum atomic E-state index is 12.6. The molecule has 1 atom stereocenters. The lowest BCUT2D eigenvalue weighted by molar-refractivity contribution is -0.120. The van der Waals surface area contributed by atoms with Gasteiger partial charge < -0.3 is 0 Å². The van der Waals surface area contributed by atoms with Gasteiger partial charge in [-0.3, -0.25) is 9.59 Å². The Hall–Kier alpha value is -2.82. The van der Waals surface area contributed by atoms with Crippen LogP contribution in [0.25, 0.3) is 10.9 Å². The number of rotatable bonds is 5. The fraction of sp³-hybridized carbons (Fsp3) is 0.300. The minimum absolute atomic E-state index is 0.0302. The van der Waals surface area contributed by atoms with Crippen LogP contribution in [-0.2, 0) is 11.3 Å². The summed E-state index contributed by atoms with van der Waals surface area (Å²) < 4.78 is 1.17. The lowest BCUT2D eigenvalue weighted by Crippen LogP contribution is -2.28. The van der Waals surface area contributed by atoms with Crippen molar-refractivity contribution in [3.05, 3.63) is 69.5 Å². The molecule has 0 aliphatic heterocycles. The quantitative estimate of drug-likeness (QED) is 0.718. The van der Waals surface area contributed by atoms with Crippen molar-refractivity contribution in [2.75, 3.05) is 0 Å². The molecule has 5 heteroatoms. The van der Waals surface area contributed by atoms with Crippen molar-refractivity contribution in [3.63, 3.8) is 0 Å². The summed E-state index contributed by atoms with van der Waals surface area (Å²) >= 11 is 0. The van der Waals surface area contributed by atoms with Gasteiger partial charge in [0.05, 0.1) is 5.39 Å². The summed E-state index contributed by atoms with van der Waals surface area (Å²) in [7, 11) is 0. The summed E-state index contributed by atoms with van der Waals surface area (Å²) in [4.78, 5) is 25.0. The van der Waals surface area contributed by atoms with E-state index in [4.69, 9.17) is 0 Å². The van der Waals surface area contributed by atoms with E-state index in [9.17, 15) is 9.59 Å². The van der Waals surface area contributed by atoms with E-state index >= 15 is 0 Å². The lowest BCUT2D eigenvalue weighted by Gasteiger charge is -2.12. The third-order valence-corrected chi connectivity index (χ3v) is 4.47. The second kappa shape index (κ2) is 6.97. The molecular weight excluding hydrogens is 314 g/mol. The van der Waals surface area contributed by atoms with Crippen LogP contribution in [0.4, 0.5) is 0 Å². The standard InChI is InChI=1S/C20H21N3O2/c1-13-7-9-16(10-8-13)15(3)11-17(24)12-23-20(25)19-14(2)5-4-6-18(19)21-22-23/h4-10,15H,11-12H2,1-3H3/t15-/m1/s1. The first kappa shape index (κ1) is 17.0. The fourth-order valence-electron chi connectivity index (χ4n) is 2.98. The van der Waals surface area contributed by atoms with Gasteiger partial charge in [-0.1, -0.05) is 54.1 Å². The second-order valence-corrected chi connectivity index (χ2v) is 6.58. The van der Waals surface area contributed by atoms with Crippen LogP contribution in [0, 0.1) is 13.8 Å². The molecule has 0 fully saturated rings. The Labute approximate surface area is 146 Å². The minimum atomic E-state index is -0.264. The third kappa shape index (κ3) is 3.65. The maximum Gasteiger partial charge on any atom is 0.278 e. The molecule has 1 heterocycles. The van der Waals surface area contributed by atoms with E-state index in [1.54, 1.807) is 6.07 Å². The lowest BCUT2D eigenvalue weighted by atomic mass is 9.95. The van der Waals surface area contributed by atoms with Crippen molar-refractivity contribution in [1.82, 2.24) is 15.0 Å². The van der Waals surface area contributed by atoms with Crippen molar-refractivity contribution in [2.45, 2.75) is 39.7 Å². The molecule has 0 aliphatic rings. The zero-order chi connectivity index (χ0) is 18.0. The van der Waals surface area contributed by atoms with Gasteiger partial charge in [0.2, 0.25) is 0 Å². The molecule has 0 spiro atoms. The first-order valence-corrected chi connectivity index (χ1v) is 8.37. The highest BCUT2D eigenvalue weighted by molar-refractivity contribution is 5.81. The van der Waals surface area contributed by atoms with Gasteiger partial charge in [-0.15, -0.1) is 5.10 Å². The van der Waals surface area contributed by atoms with Gasteiger partial charge in [0.1, 0.15) is 12.1 Å². The molecule has 25 heavy (non-hydrogen) atoms. The van der Waals surface area contributed by atoms with E-state index in [1.165, 1.54) is 10.2 Å². The minimum Gasteiger partial charge on any atom is -0.298 e. The average molecular weight is 335 g/mol. The number of carbonyl (C=O) groups is 1. The first-order chi connectivity index (χ1) is 12.0. The van der Waals surface area contributed by atoms with Crippen molar-refractivity contribution in [3.8, 4) is 0 Å². The van der Waals surface area contributed by atoms with Crippen LogP contribution in [0.5, 0.6) is 0 Å². The number of ketones is 1. The number of Topliss-reactive ketones (excluding diaryl/α,β-unsaturated/α-hetero) is 1. The van der Waals surface area contributed by atoms with Crippen LogP contribution in [0.15, 0.2) is 47.3 Å². The van der Waals surface area contributed by atoms with Gasteiger partial charge in [0.25, 0.3) is 5.56 Å². The van der Waals surface area contributed by atoms with Crippen molar-refractivity contribution < 1.29 is 4.79 Å². The Balaban J connectivity index is 1.78. The predicted octanol–water partition coefficient (Wildman–Crippen LogP) is 3.17. The maximum absolute atomic E-state index is 12.6. The molecule has 128 valence electrons. The first-order valence-electron chi connectivity index (χ1n) is 8.37. The van der Waals surface area contributed by atoms with Crippen LogP contribution in [-0.4, -0.2) is 20.8 Å². The predicted molar refractivity (Wildman–Crippen MR) is 97.8 cm³/mol. The monoisotopic (exact) mass is 335 g/mol. The number of benzene rings is 2. The van der Waals surface area contributed by atoms with Gasteiger partial charge in [-0.2, -0.15) is 0 Å². The van der Waals surface area contributed by atoms with E-state index in [-0.39, 0.29) is 23.8 Å². The van der Waals surface area contributed by atoms with Crippen molar-refractivity contribution >= 4 is 16.7 Å². The highest BCUT2D eigenvalue weighted by Crippen LogP contribution is 2.20. The largest absolute Gasteiger partial charge is 0.298 e. The third-order valence-electron chi connectivity index (χ3n) is 4.47. The second-order valence-electron chi connectivity index (χ2n) is 6.58. The Bertz CT molecular complexity index is 974. The molecule has 0 amide bonds. The fourth-order valence-corrected chi connectivity index (χ4v) is 2.98.